The Balaban J connectivity index is 2.17. The molecule has 0 amide bonds. The first-order chi connectivity index (χ1) is 8.26. The Labute approximate surface area is 103 Å². The molecule has 0 fully saturated rings. The van der Waals surface area contributed by atoms with Crippen molar-refractivity contribution in [2.45, 2.75) is 19.6 Å². The summed E-state index contributed by atoms with van der Waals surface area (Å²) in [6, 6.07) is 7.76. The maximum absolute atomic E-state index is 5.53. The van der Waals surface area contributed by atoms with Crippen LogP contribution in [0.25, 0.3) is 0 Å². The van der Waals surface area contributed by atoms with Gasteiger partial charge in [0.15, 0.2) is 0 Å². The Bertz CT molecular complexity index is 300. The van der Waals surface area contributed by atoms with Crippen LogP contribution in [0.5, 0.6) is 5.75 Å². The van der Waals surface area contributed by atoms with Crippen molar-refractivity contribution in [1.82, 2.24) is 0 Å². The van der Waals surface area contributed by atoms with Gasteiger partial charge >= 0.3 is 0 Å². The van der Waals surface area contributed by atoms with Crippen molar-refractivity contribution in [2.24, 2.45) is 5.73 Å². The van der Waals surface area contributed by atoms with Gasteiger partial charge in [-0.2, -0.15) is 0 Å². The summed E-state index contributed by atoms with van der Waals surface area (Å²) in [7, 11) is 1.66. The van der Waals surface area contributed by atoms with Gasteiger partial charge in [-0.3, -0.25) is 0 Å². The third kappa shape index (κ3) is 5.68. The smallest absolute Gasteiger partial charge is 0.119 e. The lowest BCUT2D eigenvalue weighted by atomic mass is 10.2. The average Bonchev–Trinajstić information content (AvgIpc) is 2.36. The molecule has 1 aromatic rings. The molecular weight excluding hydrogens is 218 g/mol. The van der Waals surface area contributed by atoms with E-state index in [1.54, 1.807) is 7.11 Å². The van der Waals surface area contributed by atoms with Crippen LogP contribution in [0, 0.1) is 0 Å². The number of rotatable bonds is 8. The van der Waals surface area contributed by atoms with Crippen molar-refractivity contribution in [3.63, 3.8) is 0 Å². The molecule has 4 heteroatoms. The lowest BCUT2D eigenvalue weighted by molar-refractivity contribution is -0.00214. The van der Waals surface area contributed by atoms with E-state index < -0.39 is 0 Å². The van der Waals surface area contributed by atoms with Crippen LogP contribution in [0.1, 0.15) is 12.5 Å². The summed E-state index contributed by atoms with van der Waals surface area (Å²) >= 11 is 0. The predicted octanol–water partition coefficient (Wildman–Crippen LogP) is 1.58. The molecule has 1 unspecified atom stereocenters. The van der Waals surface area contributed by atoms with Gasteiger partial charge in [0.25, 0.3) is 0 Å². The van der Waals surface area contributed by atoms with E-state index in [1.807, 2.05) is 31.2 Å². The highest BCUT2D eigenvalue weighted by molar-refractivity contribution is 5.26. The molecule has 96 valence electrons. The van der Waals surface area contributed by atoms with Crippen LogP contribution < -0.4 is 10.5 Å². The first-order valence-corrected chi connectivity index (χ1v) is 5.78. The molecule has 0 saturated heterocycles. The van der Waals surface area contributed by atoms with E-state index in [1.165, 1.54) is 0 Å². The molecule has 0 aromatic heterocycles. The van der Waals surface area contributed by atoms with Gasteiger partial charge in [0.2, 0.25) is 0 Å². The largest absolute Gasteiger partial charge is 0.491 e. The van der Waals surface area contributed by atoms with Crippen LogP contribution in [-0.2, 0) is 16.0 Å². The fourth-order valence-electron chi connectivity index (χ4n) is 1.41. The number of nitrogens with two attached hydrogens (primary N) is 1. The van der Waals surface area contributed by atoms with Gasteiger partial charge < -0.3 is 19.9 Å². The normalized spacial score (nSPS) is 12.4. The second-order valence-corrected chi connectivity index (χ2v) is 3.83. The highest BCUT2D eigenvalue weighted by Gasteiger charge is 2.00. The van der Waals surface area contributed by atoms with Crippen LogP contribution in [0.15, 0.2) is 24.3 Å². The maximum Gasteiger partial charge on any atom is 0.119 e. The number of methoxy groups -OCH3 is 1. The zero-order chi connectivity index (χ0) is 12.5. The molecule has 1 aromatic carbocycles. The van der Waals surface area contributed by atoms with Crippen LogP contribution in [0.3, 0.4) is 0 Å². The van der Waals surface area contributed by atoms with Crippen molar-refractivity contribution in [3.8, 4) is 5.75 Å². The molecule has 1 atom stereocenters. The van der Waals surface area contributed by atoms with Crippen LogP contribution >= 0.6 is 0 Å². The second-order valence-electron chi connectivity index (χ2n) is 3.83. The SMILES string of the molecule is COCC(C)OCCOc1ccc(CN)cc1. The van der Waals surface area contributed by atoms with Gasteiger partial charge in [-0.1, -0.05) is 12.1 Å². The highest BCUT2D eigenvalue weighted by Crippen LogP contribution is 2.11. The van der Waals surface area contributed by atoms with Crippen molar-refractivity contribution in [3.05, 3.63) is 29.8 Å². The fraction of sp³-hybridized carbons (Fsp3) is 0.538. The third-order valence-electron chi connectivity index (χ3n) is 2.31. The van der Waals surface area contributed by atoms with Gasteiger partial charge in [-0.15, -0.1) is 0 Å². The number of hydrogen-bond donors (Lipinski definition) is 1. The molecule has 1 rings (SSSR count). The number of benzene rings is 1. The molecule has 0 aliphatic heterocycles. The fourth-order valence-corrected chi connectivity index (χ4v) is 1.41. The van der Waals surface area contributed by atoms with E-state index in [4.69, 9.17) is 19.9 Å². The van der Waals surface area contributed by atoms with Crippen LogP contribution in [0.2, 0.25) is 0 Å². The minimum Gasteiger partial charge on any atom is -0.491 e. The zero-order valence-corrected chi connectivity index (χ0v) is 10.5. The highest BCUT2D eigenvalue weighted by atomic mass is 16.5. The molecule has 4 nitrogen and oxygen atoms in total. The van der Waals surface area contributed by atoms with Gasteiger partial charge in [0.1, 0.15) is 12.4 Å². The maximum atomic E-state index is 5.53. The summed E-state index contributed by atoms with van der Waals surface area (Å²) in [6.45, 7) is 4.22. The minimum absolute atomic E-state index is 0.100. The van der Waals surface area contributed by atoms with E-state index >= 15 is 0 Å². The Hall–Kier alpha value is -1.10. The molecule has 0 saturated carbocycles. The Kier molecular flexibility index (Phi) is 6.62. The van der Waals surface area contributed by atoms with Crippen LogP contribution in [-0.4, -0.2) is 33.0 Å². The Morgan fingerprint density at radius 1 is 1.18 bits per heavy atom. The first kappa shape index (κ1) is 14.0. The molecule has 0 heterocycles. The Morgan fingerprint density at radius 3 is 2.47 bits per heavy atom. The molecule has 0 aliphatic rings. The topological polar surface area (TPSA) is 53.7 Å². The van der Waals surface area contributed by atoms with Crippen molar-refractivity contribution >= 4 is 0 Å². The number of ether oxygens (including phenoxy) is 3. The van der Waals surface area contributed by atoms with Gasteiger partial charge in [-0.25, -0.2) is 0 Å². The van der Waals surface area contributed by atoms with E-state index in [9.17, 15) is 0 Å². The molecule has 0 radical (unpaired) electrons. The van der Waals surface area contributed by atoms with Crippen molar-refractivity contribution in [2.75, 3.05) is 26.9 Å². The Morgan fingerprint density at radius 2 is 1.88 bits per heavy atom. The second kappa shape index (κ2) is 8.06. The third-order valence-corrected chi connectivity index (χ3v) is 2.31. The van der Waals surface area contributed by atoms with Crippen LogP contribution in [0.4, 0.5) is 0 Å². The molecule has 0 aliphatic carbocycles. The quantitative estimate of drug-likeness (QED) is 0.700. The lowest BCUT2D eigenvalue weighted by Gasteiger charge is -2.12. The average molecular weight is 239 g/mol. The molecule has 0 spiro atoms. The lowest BCUT2D eigenvalue weighted by Crippen LogP contribution is -2.18. The summed E-state index contributed by atoms with van der Waals surface area (Å²) in [5.41, 5.74) is 6.61. The minimum atomic E-state index is 0.100. The van der Waals surface area contributed by atoms with E-state index in [-0.39, 0.29) is 6.10 Å². The van der Waals surface area contributed by atoms with E-state index in [2.05, 4.69) is 0 Å². The van der Waals surface area contributed by atoms with E-state index in [0.717, 1.165) is 11.3 Å². The van der Waals surface area contributed by atoms with Gasteiger partial charge in [-0.05, 0) is 24.6 Å². The van der Waals surface area contributed by atoms with E-state index in [0.29, 0.717) is 26.4 Å². The standard InChI is InChI=1S/C13H21NO3/c1-11(10-15-2)16-7-8-17-13-5-3-12(9-14)4-6-13/h3-6,11H,7-10,14H2,1-2H3. The van der Waals surface area contributed by atoms with Gasteiger partial charge in [0, 0.05) is 13.7 Å². The number of hydrogen-bond acceptors (Lipinski definition) is 4. The molecular formula is C13H21NO3. The monoisotopic (exact) mass is 239 g/mol. The summed E-state index contributed by atoms with van der Waals surface area (Å²) < 4.78 is 16.0. The van der Waals surface area contributed by atoms with Crippen molar-refractivity contribution < 1.29 is 14.2 Å². The molecule has 2 N–H and O–H groups in total. The summed E-state index contributed by atoms with van der Waals surface area (Å²) in [6.07, 6.45) is 0.100. The van der Waals surface area contributed by atoms with Gasteiger partial charge in [0.05, 0.1) is 19.3 Å². The van der Waals surface area contributed by atoms with Crippen molar-refractivity contribution in [1.29, 1.82) is 0 Å². The zero-order valence-electron chi connectivity index (χ0n) is 10.5. The summed E-state index contributed by atoms with van der Waals surface area (Å²) in [5.74, 6) is 0.838. The summed E-state index contributed by atoms with van der Waals surface area (Å²) in [5, 5.41) is 0. The molecule has 17 heavy (non-hydrogen) atoms. The first-order valence-electron chi connectivity index (χ1n) is 5.78. The summed E-state index contributed by atoms with van der Waals surface area (Å²) in [4.78, 5) is 0. The predicted molar refractivity (Wildman–Crippen MR) is 67.1 cm³/mol. The molecule has 0 bridgehead atoms.